The van der Waals surface area contributed by atoms with Gasteiger partial charge in [-0.25, -0.2) is 0 Å². The van der Waals surface area contributed by atoms with E-state index in [2.05, 4.69) is 19.2 Å². The van der Waals surface area contributed by atoms with E-state index in [1.807, 2.05) is 0 Å². The van der Waals surface area contributed by atoms with E-state index in [4.69, 9.17) is 9.47 Å². The molecule has 2 saturated carbocycles. The van der Waals surface area contributed by atoms with Gasteiger partial charge in [0, 0.05) is 12.6 Å². The van der Waals surface area contributed by atoms with E-state index in [1.54, 1.807) is 0 Å². The highest BCUT2D eigenvalue weighted by atomic mass is 16.5. The summed E-state index contributed by atoms with van der Waals surface area (Å²) in [5, 5.41) is 3.57. The van der Waals surface area contributed by atoms with Crippen molar-refractivity contribution >= 4 is 0 Å². The molecule has 0 amide bonds. The average Bonchev–Trinajstić information content (AvgIpc) is 3.14. The highest BCUT2D eigenvalue weighted by Crippen LogP contribution is 2.36. The molecule has 2 unspecified atom stereocenters. The Bertz CT molecular complexity index is 304. The van der Waals surface area contributed by atoms with E-state index in [0.29, 0.717) is 23.7 Å². The molecule has 3 fully saturated rings. The van der Waals surface area contributed by atoms with Gasteiger partial charge in [0.1, 0.15) is 0 Å². The molecule has 3 aliphatic rings. The van der Waals surface area contributed by atoms with Gasteiger partial charge in [-0.3, -0.25) is 0 Å². The van der Waals surface area contributed by atoms with Gasteiger partial charge in [-0.1, -0.05) is 13.8 Å². The molecular weight excluding hydrogens is 250 g/mol. The normalized spacial score (nSPS) is 34.5. The van der Waals surface area contributed by atoms with Crippen molar-refractivity contribution in [2.75, 3.05) is 13.2 Å². The van der Waals surface area contributed by atoms with Crippen LogP contribution in [0.2, 0.25) is 0 Å². The van der Waals surface area contributed by atoms with Crippen molar-refractivity contribution in [2.24, 2.45) is 5.41 Å². The second kappa shape index (κ2) is 6.33. The minimum Gasteiger partial charge on any atom is -0.376 e. The summed E-state index contributed by atoms with van der Waals surface area (Å²) >= 11 is 0. The Labute approximate surface area is 123 Å². The first-order chi connectivity index (χ1) is 9.61. The lowest BCUT2D eigenvalue weighted by Crippen LogP contribution is -2.31. The fraction of sp³-hybridized carbons (Fsp3) is 1.00. The molecule has 20 heavy (non-hydrogen) atoms. The Morgan fingerprint density at radius 2 is 1.70 bits per heavy atom. The SMILES string of the molecule is CC1(C)CCC(OCC2CCC(CNC3CC3)O2)CC1. The summed E-state index contributed by atoms with van der Waals surface area (Å²) in [4.78, 5) is 0. The van der Waals surface area contributed by atoms with E-state index in [9.17, 15) is 0 Å². The number of rotatable bonds is 6. The molecule has 1 heterocycles. The molecule has 0 aromatic carbocycles. The van der Waals surface area contributed by atoms with Crippen LogP contribution < -0.4 is 5.32 Å². The number of ether oxygens (including phenoxy) is 2. The van der Waals surface area contributed by atoms with Gasteiger partial charge >= 0.3 is 0 Å². The lowest BCUT2D eigenvalue weighted by Gasteiger charge is -2.34. The Balaban J connectivity index is 1.29. The third kappa shape index (κ3) is 4.44. The molecule has 0 spiro atoms. The fourth-order valence-corrected chi connectivity index (χ4v) is 3.42. The van der Waals surface area contributed by atoms with Crippen LogP contribution in [-0.4, -0.2) is 37.5 Å². The van der Waals surface area contributed by atoms with E-state index < -0.39 is 0 Å². The third-order valence-electron chi connectivity index (χ3n) is 5.21. The predicted octanol–water partition coefficient (Wildman–Crippen LogP) is 3.27. The average molecular weight is 281 g/mol. The zero-order valence-corrected chi connectivity index (χ0v) is 13.2. The van der Waals surface area contributed by atoms with Gasteiger partial charge in [-0.15, -0.1) is 0 Å². The highest BCUT2D eigenvalue weighted by Gasteiger charge is 2.30. The van der Waals surface area contributed by atoms with Crippen LogP contribution in [-0.2, 0) is 9.47 Å². The third-order valence-corrected chi connectivity index (χ3v) is 5.21. The topological polar surface area (TPSA) is 30.5 Å². The molecule has 3 rings (SSSR count). The maximum Gasteiger partial charge on any atom is 0.0814 e. The fourth-order valence-electron chi connectivity index (χ4n) is 3.42. The quantitative estimate of drug-likeness (QED) is 0.810. The van der Waals surface area contributed by atoms with Crippen molar-refractivity contribution in [1.82, 2.24) is 5.32 Å². The maximum absolute atomic E-state index is 6.10. The summed E-state index contributed by atoms with van der Waals surface area (Å²) < 4.78 is 12.2. The molecule has 2 aliphatic carbocycles. The summed E-state index contributed by atoms with van der Waals surface area (Å²) in [6.45, 7) is 6.60. The molecule has 1 saturated heterocycles. The van der Waals surface area contributed by atoms with Crippen LogP contribution in [0.25, 0.3) is 0 Å². The van der Waals surface area contributed by atoms with Crippen LogP contribution in [0, 0.1) is 5.41 Å². The lowest BCUT2D eigenvalue weighted by molar-refractivity contribution is -0.0584. The first kappa shape index (κ1) is 14.8. The van der Waals surface area contributed by atoms with Crippen LogP contribution in [0.15, 0.2) is 0 Å². The Kier molecular flexibility index (Phi) is 4.68. The largest absolute Gasteiger partial charge is 0.376 e. The molecule has 3 nitrogen and oxygen atoms in total. The van der Waals surface area contributed by atoms with Crippen molar-refractivity contribution in [2.45, 2.75) is 89.6 Å². The predicted molar refractivity (Wildman–Crippen MR) is 80.9 cm³/mol. The summed E-state index contributed by atoms with van der Waals surface area (Å²) in [5.41, 5.74) is 0.531. The second-order valence-electron chi connectivity index (χ2n) is 7.84. The monoisotopic (exact) mass is 281 g/mol. The second-order valence-corrected chi connectivity index (χ2v) is 7.84. The van der Waals surface area contributed by atoms with Gasteiger partial charge in [-0.05, 0) is 56.8 Å². The summed E-state index contributed by atoms with van der Waals surface area (Å²) in [5.74, 6) is 0. The van der Waals surface area contributed by atoms with E-state index >= 15 is 0 Å². The Morgan fingerprint density at radius 1 is 1.00 bits per heavy atom. The van der Waals surface area contributed by atoms with Crippen LogP contribution >= 0.6 is 0 Å². The smallest absolute Gasteiger partial charge is 0.0814 e. The van der Waals surface area contributed by atoms with Crippen molar-refractivity contribution in [1.29, 1.82) is 0 Å². The molecule has 116 valence electrons. The van der Waals surface area contributed by atoms with Crippen LogP contribution in [0.1, 0.15) is 65.2 Å². The van der Waals surface area contributed by atoms with E-state index in [1.165, 1.54) is 51.4 Å². The molecule has 1 N–H and O–H groups in total. The van der Waals surface area contributed by atoms with Crippen molar-refractivity contribution < 1.29 is 9.47 Å². The molecule has 0 bridgehead atoms. The maximum atomic E-state index is 6.10. The number of hydrogen-bond acceptors (Lipinski definition) is 3. The highest BCUT2D eigenvalue weighted by molar-refractivity contribution is 4.84. The molecular formula is C17H31NO2. The van der Waals surface area contributed by atoms with Crippen molar-refractivity contribution in [3.8, 4) is 0 Å². The minimum atomic E-state index is 0.343. The van der Waals surface area contributed by atoms with Gasteiger partial charge in [-0.2, -0.15) is 0 Å². The van der Waals surface area contributed by atoms with Gasteiger partial charge in [0.15, 0.2) is 0 Å². The van der Waals surface area contributed by atoms with Gasteiger partial charge in [0.05, 0.1) is 24.9 Å². The molecule has 3 heteroatoms. The molecule has 2 atom stereocenters. The number of hydrogen-bond donors (Lipinski definition) is 1. The summed E-state index contributed by atoms with van der Waals surface area (Å²) in [7, 11) is 0. The zero-order chi connectivity index (χ0) is 14.0. The standard InChI is InChI=1S/C17H31NO2/c1-17(2)9-7-14(8-10-17)19-12-16-6-5-15(20-16)11-18-13-3-4-13/h13-16,18H,3-12H2,1-2H3. The molecule has 0 aromatic rings. The summed E-state index contributed by atoms with van der Waals surface area (Å²) in [6, 6.07) is 0.791. The van der Waals surface area contributed by atoms with E-state index in [-0.39, 0.29) is 0 Å². The Hall–Kier alpha value is -0.120. The van der Waals surface area contributed by atoms with Crippen molar-refractivity contribution in [3.63, 3.8) is 0 Å². The van der Waals surface area contributed by atoms with Crippen LogP contribution in [0.3, 0.4) is 0 Å². The van der Waals surface area contributed by atoms with Gasteiger partial charge in [0.2, 0.25) is 0 Å². The first-order valence-electron chi connectivity index (χ1n) is 8.61. The van der Waals surface area contributed by atoms with Crippen LogP contribution in [0.4, 0.5) is 0 Å². The van der Waals surface area contributed by atoms with Crippen molar-refractivity contribution in [3.05, 3.63) is 0 Å². The first-order valence-corrected chi connectivity index (χ1v) is 8.61. The van der Waals surface area contributed by atoms with E-state index in [0.717, 1.165) is 19.2 Å². The molecule has 0 radical (unpaired) electrons. The van der Waals surface area contributed by atoms with Crippen LogP contribution in [0.5, 0.6) is 0 Å². The Morgan fingerprint density at radius 3 is 2.40 bits per heavy atom. The zero-order valence-electron chi connectivity index (χ0n) is 13.2. The van der Waals surface area contributed by atoms with Gasteiger partial charge in [0.25, 0.3) is 0 Å². The molecule has 1 aliphatic heterocycles. The summed E-state index contributed by atoms with van der Waals surface area (Å²) in [6.07, 6.45) is 11.4. The number of nitrogens with one attached hydrogen (secondary N) is 1. The minimum absolute atomic E-state index is 0.343. The lowest BCUT2D eigenvalue weighted by atomic mass is 9.76. The molecule has 0 aromatic heterocycles. The van der Waals surface area contributed by atoms with Gasteiger partial charge < -0.3 is 14.8 Å².